The van der Waals surface area contributed by atoms with Crippen molar-refractivity contribution < 1.29 is 14.1 Å². The Labute approximate surface area is 154 Å². The first-order chi connectivity index (χ1) is 13.2. The van der Waals surface area contributed by atoms with Crippen LogP contribution in [0.25, 0.3) is 22.2 Å². The topological polar surface area (TPSA) is 92.5 Å². The highest BCUT2D eigenvalue weighted by Gasteiger charge is 2.15. The molecule has 4 aromatic rings. The van der Waals surface area contributed by atoms with E-state index in [0.717, 1.165) is 27.8 Å². The molecule has 7 heteroatoms. The Morgan fingerprint density at radius 3 is 2.85 bits per heavy atom. The van der Waals surface area contributed by atoms with Gasteiger partial charge in [-0.3, -0.25) is 4.79 Å². The van der Waals surface area contributed by atoms with Crippen molar-refractivity contribution in [2.75, 3.05) is 7.11 Å². The number of hydrogen-bond acceptors (Lipinski definition) is 5. The van der Waals surface area contributed by atoms with Gasteiger partial charge in [-0.05, 0) is 35.9 Å². The fourth-order valence-electron chi connectivity index (χ4n) is 2.70. The number of hydrogen-bond donors (Lipinski definition) is 2. The predicted molar refractivity (Wildman–Crippen MR) is 102 cm³/mol. The molecular formula is C20H16N4O3. The lowest BCUT2D eigenvalue weighted by molar-refractivity contribution is 0.0946. The normalized spacial score (nSPS) is 11.1. The maximum atomic E-state index is 12.2. The molecule has 7 nitrogen and oxygen atoms in total. The maximum absolute atomic E-state index is 12.2. The third kappa shape index (κ3) is 3.43. The lowest BCUT2D eigenvalue weighted by Crippen LogP contribution is -2.17. The summed E-state index contributed by atoms with van der Waals surface area (Å²) in [4.78, 5) is 15.4. The second-order valence-electron chi connectivity index (χ2n) is 5.80. The van der Waals surface area contributed by atoms with Gasteiger partial charge in [-0.2, -0.15) is 5.10 Å². The van der Waals surface area contributed by atoms with Gasteiger partial charge in [0.2, 0.25) is 0 Å². The van der Waals surface area contributed by atoms with Crippen molar-refractivity contribution in [2.45, 2.75) is 0 Å². The monoisotopic (exact) mass is 360 g/mol. The van der Waals surface area contributed by atoms with Gasteiger partial charge in [-0.15, -0.1) is 0 Å². The van der Waals surface area contributed by atoms with E-state index in [1.54, 1.807) is 13.2 Å². The molecule has 1 amide bonds. The average molecular weight is 360 g/mol. The Kier molecular flexibility index (Phi) is 4.40. The van der Waals surface area contributed by atoms with Crippen LogP contribution in [0.4, 0.5) is 0 Å². The van der Waals surface area contributed by atoms with Gasteiger partial charge in [0, 0.05) is 28.7 Å². The minimum Gasteiger partial charge on any atom is -0.497 e. The van der Waals surface area contributed by atoms with Gasteiger partial charge >= 0.3 is 0 Å². The summed E-state index contributed by atoms with van der Waals surface area (Å²) >= 11 is 0. The van der Waals surface area contributed by atoms with Gasteiger partial charge in [0.1, 0.15) is 5.75 Å². The van der Waals surface area contributed by atoms with E-state index >= 15 is 0 Å². The zero-order valence-corrected chi connectivity index (χ0v) is 14.5. The minimum atomic E-state index is -0.449. The number of ether oxygens (including phenoxy) is 1. The van der Waals surface area contributed by atoms with Crippen LogP contribution in [0.2, 0.25) is 0 Å². The third-order valence-electron chi connectivity index (χ3n) is 4.09. The summed E-state index contributed by atoms with van der Waals surface area (Å²) in [7, 11) is 1.60. The fraction of sp³-hybridized carbons (Fsp3) is 0.0500. The number of carbonyl (C=O) groups is 1. The van der Waals surface area contributed by atoms with Gasteiger partial charge in [0.05, 0.1) is 13.3 Å². The van der Waals surface area contributed by atoms with E-state index in [1.807, 2.05) is 54.7 Å². The highest BCUT2D eigenvalue weighted by molar-refractivity contribution is 5.97. The van der Waals surface area contributed by atoms with Crippen molar-refractivity contribution in [1.29, 1.82) is 0 Å². The molecule has 2 N–H and O–H groups in total. The number of aromatic amines is 1. The number of nitrogens with one attached hydrogen (secondary N) is 2. The molecule has 2 aromatic heterocycles. The largest absolute Gasteiger partial charge is 0.497 e. The van der Waals surface area contributed by atoms with Gasteiger partial charge < -0.3 is 14.2 Å². The summed E-state index contributed by atoms with van der Waals surface area (Å²) in [5.74, 6) is 0.815. The molecule has 0 radical (unpaired) electrons. The highest BCUT2D eigenvalue weighted by Crippen LogP contribution is 2.28. The molecule has 0 spiro atoms. The molecule has 4 rings (SSSR count). The van der Waals surface area contributed by atoms with Crippen molar-refractivity contribution in [3.8, 4) is 17.1 Å². The van der Waals surface area contributed by atoms with Crippen LogP contribution in [0.15, 0.2) is 70.4 Å². The van der Waals surface area contributed by atoms with Crippen molar-refractivity contribution in [3.63, 3.8) is 0 Å². The van der Waals surface area contributed by atoms with Crippen LogP contribution in [0, 0.1) is 0 Å². The maximum Gasteiger partial charge on any atom is 0.293 e. The van der Waals surface area contributed by atoms with E-state index in [2.05, 4.69) is 20.7 Å². The minimum absolute atomic E-state index is 0.155. The second kappa shape index (κ2) is 7.17. The number of benzene rings is 2. The number of carbonyl (C=O) groups excluding carboxylic acids is 1. The van der Waals surface area contributed by atoms with Gasteiger partial charge in [-0.1, -0.05) is 23.4 Å². The summed E-state index contributed by atoms with van der Waals surface area (Å²) in [5, 5.41) is 8.78. The Hall–Kier alpha value is -3.87. The Morgan fingerprint density at radius 2 is 2.04 bits per heavy atom. The first-order valence-corrected chi connectivity index (χ1v) is 8.25. The van der Waals surface area contributed by atoms with Gasteiger partial charge in [0.25, 0.3) is 5.91 Å². The van der Waals surface area contributed by atoms with Crippen molar-refractivity contribution >= 4 is 23.0 Å². The van der Waals surface area contributed by atoms with E-state index in [0.29, 0.717) is 5.76 Å². The number of rotatable bonds is 5. The molecule has 2 aromatic carbocycles. The van der Waals surface area contributed by atoms with Crippen LogP contribution in [-0.2, 0) is 0 Å². The van der Waals surface area contributed by atoms with Crippen molar-refractivity contribution in [1.82, 2.24) is 15.6 Å². The highest BCUT2D eigenvalue weighted by atomic mass is 16.5. The average Bonchev–Trinajstić information content (AvgIpc) is 3.35. The van der Waals surface area contributed by atoms with Crippen LogP contribution in [0.5, 0.6) is 5.75 Å². The number of amides is 1. The number of H-pyrrole nitrogens is 1. The van der Waals surface area contributed by atoms with Crippen LogP contribution >= 0.6 is 0 Å². The van der Waals surface area contributed by atoms with Crippen molar-refractivity contribution in [2.24, 2.45) is 5.10 Å². The molecule has 0 aliphatic heterocycles. The molecule has 2 heterocycles. The third-order valence-corrected chi connectivity index (χ3v) is 4.09. The number of hydrazone groups is 1. The number of nitrogens with zero attached hydrogens (tertiary/aromatic N) is 2. The van der Waals surface area contributed by atoms with E-state index in [1.165, 1.54) is 6.21 Å². The summed E-state index contributed by atoms with van der Waals surface area (Å²) in [6.07, 6.45) is 3.37. The predicted octanol–water partition coefficient (Wildman–Crippen LogP) is 3.60. The zero-order chi connectivity index (χ0) is 18.6. The number of fused-ring (bicyclic) bond motifs is 1. The fourth-order valence-corrected chi connectivity index (χ4v) is 2.70. The van der Waals surface area contributed by atoms with E-state index in [4.69, 9.17) is 9.26 Å². The quantitative estimate of drug-likeness (QED) is 0.420. The number of methoxy groups -OCH3 is 1. The molecule has 0 aliphatic rings. The van der Waals surface area contributed by atoms with E-state index < -0.39 is 5.91 Å². The van der Waals surface area contributed by atoms with Crippen LogP contribution in [0.1, 0.15) is 16.1 Å². The Morgan fingerprint density at radius 1 is 1.22 bits per heavy atom. The molecule has 0 unspecified atom stereocenters. The number of aromatic nitrogens is 2. The standard InChI is InChI=1S/C20H16N4O3/c1-26-14-8-6-13(7-9-14)11-22-23-20(25)18-10-19(27-24-18)16-12-21-17-5-3-2-4-15(16)17/h2-12,21H,1H3,(H,23,25). The molecule has 0 saturated carbocycles. The molecule has 0 aliphatic carbocycles. The van der Waals surface area contributed by atoms with Gasteiger partial charge in [0.15, 0.2) is 11.5 Å². The lowest BCUT2D eigenvalue weighted by Gasteiger charge is -1.99. The van der Waals surface area contributed by atoms with Crippen LogP contribution in [-0.4, -0.2) is 29.4 Å². The molecule has 0 saturated heterocycles. The molecule has 0 bridgehead atoms. The first kappa shape index (κ1) is 16.6. The lowest BCUT2D eigenvalue weighted by atomic mass is 10.1. The first-order valence-electron chi connectivity index (χ1n) is 8.25. The summed E-state index contributed by atoms with van der Waals surface area (Å²) < 4.78 is 10.4. The Balaban J connectivity index is 1.46. The van der Waals surface area contributed by atoms with Crippen molar-refractivity contribution in [3.05, 3.63) is 72.1 Å². The zero-order valence-electron chi connectivity index (χ0n) is 14.5. The molecule has 0 atom stereocenters. The number of para-hydroxylation sites is 1. The second-order valence-corrected chi connectivity index (χ2v) is 5.80. The summed E-state index contributed by atoms with van der Waals surface area (Å²) in [5.41, 5.74) is 5.26. The van der Waals surface area contributed by atoms with Crippen LogP contribution < -0.4 is 10.2 Å². The smallest absolute Gasteiger partial charge is 0.293 e. The summed E-state index contributed by atoms with van der Waals surface area (Å²) in [6.45, 7) is 0. The molecule has 134 valence electrons. The SMILES string of the molecule is COc1ccc(C=NNC(=O)c2cc(-c3c[nH]c4ccccc34)on2)cc1. The van der Waals surface area contributed by atoms with Crippen LogP contribution in [0.3, 0.4) is 0 Å². The summed E-state index contributed by atoms with van der Waals surface area (Å²) in [6, 6.07) is 16.7. The molecule has 0 fully saturated rings. The van der Waals surface area contributed by atoms with E-state index in [9.17, 15) is 4.79 Å². The van der Waals surface area contributed by atoms with E-state index in [-0.39, 0.29) is 5.69 Å². The Bertz CT molecular complexity index is 1110. The molecular weight excluding hydrogens is 344 g/mol. The molecule has 27 heavy (non-hydrogen) atoms. The van der Waals surface area contributed by atoms with Gasteiger partial charge in [-0.25, -0.2) is 5.43 Å².